The minimum Gasteiger partial charge on any atom is -0.327 e. The highest BCUT2D eigenvalue weighted by Gasteiger charge is 2.30. The first-order chi connectivity index (χ1) is 10.2. The van der Waals surface area contributed by atoms with E-state index in [9.17, 15) is 0 Å². The zero-order chi connectivity index (χ0) is 15.1. The van der Waals surface area contributed by atoms with Crippen molar-refractivity contribution in [2.24, 2.45) is 17.6 Å². The van der Waals surface area contributed by atoms with Crippen LogP contribution in [0.5, 0.6) is 0 Å². The highest BCUT2D eigenvalue weighted by Crippen LogP contribution is 2.39. The van der Waals surface area contributed by atoms with Gasteiger partial charge < -0.3 is 5.73 Å². The van der Waals surface area contributed by atoms with Crippen LogP contribution in [0.25, 0.3) is 0 Å². The summed E-state index contributed by atoms with van der Waals surface area (Å²) in [5.41, 5.74) is 7.98. The fraction of sp³-hybridized carbons (Fsp3) is 0.700. The monoisotopic (exact) mass is 287 g/mol. The van der Waals surface area contributed by atoms with E-state index in [2.05, 4.69) is 44.2 Å². The quantitative estimate of drug-likeness (QED) is 0.703. The molecule has 1 fully saturated rings. The number of benzene rings is 1. The van der Waals surface area contributed by atoms with Crippen molar-refractivity contribution in [2.75, 3.05) is 0 Å². The van der Waals surface area contributed by atoms with Crippen molar-refractivity contribution in [3.63, 3.8) is 0 Å². The van der Waals surface area contributed by atoms with Crippen LogP contribution in [0.15, 0.2) is 30.3 Å². The van der Waals surface area contributed by atoms with Gasteiger partial charge in [-0.05, 0) is 49.0 Å². The molecule has 1 heteroatoms. The fourth-order valence-corrected chi connectivity index (χ4v) is 4.00. The van der Waals surface area contributed by atoms with E-state index >= 15 is 0 Å². The lowest BCUT2D eigenvalue weighted by Crippen LogP contribution is -2.36. The van der Waals surface area contributed by atoms with Gasteiger partial charge in [0.1, 0.15) is 0 Å². The molecule has 0 aromatic heterocycles. The predicted molar refractivity (Wildman–Crippen MR) is 92.4 cm³/mol. The third-order valence-electron chi connectivity index (χ3n) is 5.49. The molecule has 1 aliphatic carbocycles. The maximum atomic E-state index is 6.45. The Kier molecular flexibility index (Phi) is 6.76. The molecule has 1 saturated carbocycles. The van der Waals surface area contributed by atoms with E-state index in [1.54, 1.807) is 0 Å². The van der Waals surface area contributed by atoms with Crippen molar-refractivity contribution in [2.45, 2.75) is 77.2 Å². The summed E-state index contributed by atoms with van der Waals surface area (Å²) in [6.07, 6.45) is 10.5. The van der Waals surface area contributed by atoms with Gasteiger partial charge in [-0.1, -0.05) is 69.9 Å². The van der Waals surface area contributed by atoms with Crippen LogP contribution < -0.4 is 5.73 Å². The van der Waals surface area contributed by atoms with E-state index in [1.807, 2.05) is 0 Å². The average molecular weight is 287 g/mol. The summed E-state index contributed by atoms with van der Waals surface area (Å²) in [4.78, 5) is 0. The van der Waals surface area contributed by atoms with E-state index in [-0.39, 0.29) is 0 Å². The Bertz CT molecular complexity index is 386. The highest BCUT2D eigenvalue weighted by molar-refractivity contribution is 5.20. The van der Waals surface area contributed by atoms with Crippen LogP contribution >= 0.6 is 0 Å². The molecule has 2 rings (SSSR count). The minimum atomic E-state index is 0.431. The molecular formula is C20H33N. The van der Waals surface area contributed by atoms with Crippen LogP contribution in [-0.4, -0.2) is 6.04 Å². The maximum absolute atomic E-state index is 6.45. The largest absolute Gasteiger partial charge is 0.327 e. The van der Waals surface area contributed by atoms with Gasteiger partial charge in [-0.15, -0.1) is 0 Å². The van der Waals surface area contributed by atoms with Crippen LogP contribution in [0, 0.1) is 11.8 Å². The van der Waals surface area contributed by atoms with Crippen molar-refractivity contribution in [1.29, 1.82) is 0 Å². The maximum Gasteiger partial charge on any atom is 0.00676 e. The molecule has 1 aromatic rings. The van der Waals surface area contributed by atoms with Crippen LogP contribution in [0.1, 0.15) is 76.7 Å². The molecule has 1 nitrogen and oxygen atoms in total. The van der Waals surface area contributed by atoms with Crippen LogP contribution in [0.3, 0.4) is 0 Å². The second kappa shape index (κ2) is 8.58. The summed E-state index contributed by atoms with van der Waals surface area (Å²) in [7, 11) is 0. The zero-order valence-corrected chi connectivity index (χ0v) is 13.9. The van der Waals surface area contributed by atoms with Crippen molar-refractivity contribution in [3.8, 4) is 0 Å². The van der Waals surface area contributed by atoms with E-state index in [0.29, 0.717) is 6.04 Å². The summed E-state index contributed by atoms with van der Waals surface area (Å²) in [6, 6.07) is 11.5. The highest BCUT2D eigenvalue weighted by atomic mass is 14.7. The van der Waals surface area contributed by atoms with Gasteiger partial charge in [0.15, 0.2) is 0 Å². The van der Waals surface area contributed by atoms with Crippen LogP contribution in [0.2, 0.25) is 0 Å². The third kappa shape index (κ3) is 4.85. The van der Waals surface area contributed by atoms with Gasteiger partial charge in [0.25, 0.3) is 0 Å². The zero-order valence-electron chi connectivity index (χ0n) is 13.9. The second-order valence-corrected chi connectivity index (χ2v) is 7.00. The van der Waals surface area contributed by atoms with Crippen molar-refractivity contribution in [1.82, 2.24) is 0 Å². The molecule has 0 spiro atoms. The molecule has 0 radical (unpaired) electrons. The van der Waals surface area contributed by atoms with Crippen LogP contribution in [0.4, 0.5) is 0 Å². The summed E-state index contributed by atoms with van der Waals surface area (Å²) >= 11 is 0. The van der Waals surface area contributed by atoms with E-state index in [1.165, 1.54) is 56.9 Å². The van der Waals surface area contributed by atoms with Gasteiger partial charge >= 0.3 is 0 Å². The third-order valence-corrected chi connectivity index (χ3v) is 5.49. The minimum absolute atomic E-state index is 0.431. The molecular weight excluding hydrogens is 254 g/mol. The van der Waals surface area contributed by atoms with Gasteiger partial charge in [-0.2, -0.15) is 0 Å². The van der Waals surface area contributed by atoms with Crippen molar-refractivity contribution in [3.05, 3.63) is 35.9 Å². The summed E-state index contributed by atoms with van der Waals surface area (Å²) in [6.45, 7) is 4.65. The summed E-state index contributed by atoms with van der Waals surface area (Å²) in [5.74, 6) is 2.35. The molecule has 0 heterocycles. The van der Waals surface area contributed by atoms with Crippen molar-refractivity contribution < 1.29 is 0 Å². The lowest BCUT2D eigenvalue weighted by atomic mass is 9.71. The Morgan fingerprint density at radius 1 is 1.14 bits per heavy atom. The molecule has 1 aromatic carbocycles. The molecule has 1 aliphatic rings. The van der Waals surface area contributed by atoms with Gasteiger partial charge in [-0.25, -0.2) is 0 Å². The van der Waals surface area contributed by atoms with Gasteiger partial charge in [0.2, 0.25) is 0 Å². The van der Waals surface area contributed by atoms with E-state index in [4.69, 9.17) is 5.73 Å². The SMILES string of the molecule is CCCCC(CC)CC1CC(c2ccccc2)CCC1N. The fourth-order valence-electron chi connectivity index (χ4n) is 4.00. The average Bonchev–Trinajstić information content (AvgIpc) is 2.54. The molecule has 0 bridgehead atoms. The van der Waals surface area contributed by atoms with E-state index in [0.717, 1.165) is 17.8 Å². The van der Waals surface area contributed by atoms with Gasteiger partial charge in [-0.3, -0.25) is 0 Å². The first kappa shape index (κ1) is 16.5. The Morgan fingerprint density at radius 3 is 2.57 bits per heavy atom. The van der Waals surface area contributed by atoms with Gasteiger partial charge in [0, 0.05) is 6.04 Å². The summed E-state index contributed by atoms with van der Waals surface area (Å²) in [5, 5.41) is 0. The van der Waals surface area contributed by atoms with E-state index < -0.39 is 0 Å². The lowest BCUT2D eigenvalue weighted by molar-refractivity contribution is 0.222. The lowest BCUT2D eigenvalue weighted by Gasteiger charge is -2.36. The number of hydrogen-bond donors (Lipinski definition) is 1. The summed E-state index contributed by atoms with van der Waals surface area (Å²) < 4.78 is 0. The predicted octanol–water partition coefficient (Wildman–Crippen LogP) is 5.50. The van der Waals surface area contributed by atoms with Crippen molar-refractivity contribution >= 4 is 0 Å². The second-order valence-electron chi connectivity index (χ2n) is 7.00. The first-order valence-electron chi connectivity index (χ1n) is 9.05. The molecule has 0 aliphatic heterocycles. The Balaban J connectivity index is 1.94. The number of hydrogen-bond acceptors (Lipinski definition) is 1. The number of nitrogens with two attached hydrogens (primary N) is 1. The Morgan fingerprint density at radius 2 is 1.90 bits per heavy atom. The smallest absolute Gasteiger partial charge is 0.00676 e. The topological polar surface area (TPSA) is 26.0 Å². The van der Waals surface area contributed by atoms with Gasteiger partial charge in [0.05, 0.1) is 0 Å². The molecule has 2 N–H and O–H groups in total. The number of rotatable bonds is 7. The molecule has 4 atom stereocenters. The Labute approximate surface area is 131 Å². The molecule has 4 unspecified atom stereocenters. The molecule has 118 valence electrons. The molecule has 0 saturated heterocycles. The molecule has 0 amide bonds. The first-order valence-corrected chi connectivity index (χ1v) is 9.05. The van der Waals surface area contributed by atoms with Crippen LogP contribution in [-0.2, 0) is 0 Å². The molecule has 21 heavy (non-hydrogen) atoms. The standard InChI is InChI=1S/C20H33N/c1-3-5-9-16(4-2)14-19-15-18(12-13-20(19)21)17-10-7-6-8-11-17/h6-8,10-11,16,18-20H,3-5,9,12-15,21H2,1-2H3. The number of unbranched alkanes of at least 4 members (excludes halogenated alkanes) is 1. The normalized spacial score (nSPS) is 27.5. The Hall–Kier alpha value is -0.820.